The minimum atomic E-state index is -0.506. The van der Waals surface area contributed by atoms with Crippen molar-refractivity contribution in [1.82, 2.24) is 4.90 Å². The van der Waals surface area contributed by atoms with Crippen molar-refractivity contribution in [2.75, 3.05) is 43.0 Å². The van der Waals surface area contributed by atoms with Crippen molar-refractivity contribution < 1.29 is 14.3 Å². The molecule has 1 amide bonds. The predicted octanol–water partition coefficient (Wildman–Crippen LogP) is 1.91. The highest BCUT2D eigenvalue weighted by atomic mass is 16.5. The molecule has 0 spiro atoms. The van der Waals surface area contributed by atoms with Crippen molar-refractivity contribution >= 4 is 23.3 Å². The second-order valence-electron chi connectivity index (χ2n) is 8.45. The van der Waals surface area contributed by atoms with Crippen molar-refractivity contribution in [2.24, 2.45) is 5.92 Å². The minimum Gasteiger partial charge on any atom is -0.466 e. The van der Waals surface area contributed by atoms with Crippen LogP contribution in [0.4, 0.5) is 11.4 Å². The van der Waals surface area contributed by atoms with Gasteiger partial charge in [-0.2, -0.15) is 0 Å². The smallest absolute Gasteiger partial charge is 0.309 e. The Bertz CT molecular complexity index is 1040. The van der Waals surface area contributed by atoms with E-state index < -0.39 is 10.9 Å². The van der Waals surface area contributed by atoms with Gasteiger partial charge in [0, 0.05) is 38.3 Å². The molecule has 0 aromatic heterocycles. The second-order valence-corrected chi connectivity index (χ2v) is 8.45. The molecular weight excluding hydrogens is 410 g/mol. The molecule has 0 saturated carbocycles. The summed E-state index contributed by atoms with van der Waals surface area (Å²) in [6, 6.07) is 7.35. The van der Waals surface area contributed by atoms with Gasteiger partial charge in [0.1, 0.15) is 11.4 Å². The van der Waals surface area contributed by atoms with Gasteiger partial charge in [-0.1, -0.05) is 12.1 Å². The van der Waals surface area contributed by atoms with Crippen LogP contribution in [-0.2, 0) is 16.1 Å². The van der Waals surface area contributed by atoms with Crippen molar-refractivity contribution in [1.29, 1.82) is 0 Å². The van der Waals surface area contributed by atoms with E-state index in [1.54, 1.807) is 19.1 Å². The zero-order valence-electron chi connectivity index (χ0n) is 18.4. The maximum Gasteiger partial charge on any atom is 0.309 e. The van der Waals surface area contributed by atoms with Crippen molar-refractivity contribution in [3.8, 4) is 0 Å². The topological polar surface area (TPSA) is 96.0 Å². The Morgan fingerprint density at radius 1 is 1.00 bits per heavy atom. The third-order valence-electron chi connectivity index (χ3n) is 6.38. The number of piperidine rings is 1. The van der Waals surface area contributed by atoms with Crippen LogP contribution in [0.3, 0.4) is 0 Å². The Morgan fingerprint density at radius 2 is 1.66 bits per heavy atom. The quantitative estimate of drug-likeness (QED) is 0.520. The molecule has 2 saturated heterocycles. The maximum atomic E-state index is 12.5. The lowest BCUT2D eigenvalue weighted by Crippen LogP contribution is -2.46. The first-order valence-corrected chi connectivity index (χ1v) is 11.4. The average molecular weight is 440 g/mol. The van der Waals surface area contributed by atoms with E-state index in [0.717, 1.165) is 31.5 Å². The lowest BCUT2D eigenvalue weighted by Gasteiger charge is -2.34. The molecule has 0 atom stereocenters. The van der Waals surface area contributed by atoms with Gasteiger partial charge in [-0.05, 0) is 50.3 Å². The Hall–Kier alpha value is -3.16. The molecule has 4 rings (SSSR count). The first-order chi connectivity index (χ1) is 15.5. The van der Waals surface area contributed by atoms with E-state index in [1.807, 2.05) is 21.9 Å². The van der Waals surface area contributed by atoms with Crippen LogP contribution in [0.15, 0.2) is 33.9 Å². The highest BCUT2D eigenvalue weighted by Gasteiger charge is 2.31. The number of amides is 1. The molecule has 1 N–H and O–H groups in total. The molecule has 0 bridgehead atoms. The number of ether oxygens (including phenoxy) is 1. The monoisotopic (exact) mass is 439 g/mol. The Kier molecular flexibility index (Phi) is 6.58. The number of carbonyl (C=O) groups is 2. The van der Waals surface area contributed by atoms with Crippen LogP contribution in [0.1, 0.15) is 48.5 Å². The first-order valence-electron chi connectivity index (χ1n) is 11.4. The van der Waals surface area contributed by atoms with Crippen molar-refractivity contribution in [3.05, 3.63) is 55.8 Å². The molecular formula is C24H29N3O5. The number of benzene rings is 1. The molecule has 2 heterocycles. The van der Waals surface area contributed by atoms with E-state index >= 15 is 0 Å². The number of nitrogens with one attached hydrogen (secondary N) is 1. The third-order valence-corrected chi connectivity index (χ3v) is 6.38. The zero-order valence-corrected chi connectivity index (χ0v) is 18.4. The second kappa shape index (κ2) is 9.54. The number of likely N-dealkylation sites (tertiary alicyclic amines) is 1. The molecule has 0 radical (unpaired) electrons. The summed E-state index contributed by atoms with van der Waals surface area (Å²) in [5, 5.41) is 3.10. The van der Waals surface area contributed by atoms with Crippen LogP contribution in [0, 0.1) is 5.92 Å². The molecule has 8 heteroatoms. The van der Waals surface area contributed by atoms with Gasteiger partial charge >= 0.3 is 5.97 Å². The van der Waals surface area contributed by atoms with Gasteiger partial charge in [0.15, 0.2) is 0 Å². The molecule has 2 aliphatic heterocycles. The third kappa shape index (κ3) is 4.40. The van der Waals surface area contributed by atoms with Crippen LogP contribution in [-0.4, -0.2) is 49.6 Å². The minimum absolute atomic E-state index is 0.0537. The number of rotatable bonds is 7. The van der Waals surface area contributed by atoms with Gasteiger partial charge in [0.2, 0.25) is 0 Å². The zero-order chi connectivity index (χ0) is 22.7. The van der Waals surface area contributed by atoms with Crippen LogP contribution < -0.4 is 21.1 Å². The van der Waals surface area contributed by atoms with E-state index in [9.17, 15) is 19.2 Å². The highest BCUT2D eigenvalue weighted by molar-refractivity contribution is 5.94. The molecule has 0 unspecified atom stereocenters. The lowest BCUT2D eigenvalue weighted by atomic mass is 9.96. The van der Waals surface area contributed by atoms with Crippen LogP contribution in [0.2, 0.25) is 0 Å². The Balaban J connectivity index is 1.35. The van der Waals surface area contributed by atoms with E-state index in [0.29, 0.717) is 56.0 Å². The molecule has 170 valence electrons. The number of hydrogen-bond donors (Lipinski definition) is 1. The van der Waals surface area contributed by atoms with Crippen molar-refractivity contribution in [2.45, 2.75) is 39.2 Å². The van der Waals surface area contributed by atoms with Gasteiger partial charge in [-0.25, -0.2) is 0 Å². The summed E-state index contributed by atoms with van der Waals surface area (Å²) in [5.41, 5.74) is 1.35. The molecule has 2 fully saturated rings. The first kappa shape index (κ1) is 22.0. The fraction of sp³-hybridized carbons (Fsp3) is 0.500. The SMILES string of the molecule is CCOC(=O)C1CCN(c2c(NCc3ccc(C(=O)N4CCCC4)cc3)c(=O)c2=O)CC1. The van der Waals surface area contributed by atoms with Crippen molar-refractivity contribution in [3.63, 3.8) is 0 Å². The maximum absolute atomic E-state index is 12.5. The largest absolute Gasteiger partial charge is 0.466 e. The van der Waals surface area contributed by atoms with Gasteiger partial charge < -0.3 is 19.9 Å². The number of anilines is 2. The number of hydrogen-bond acceptors (Lipinski definition) is 7. The molecule has 2 aromatic carbocycles. The summed E-state index contributed by atoms with van der Waals surface area (Å²) < 4.78 is 5.09. The Labute approximate surface area is 186 Å². The van der Waals surface area contributed by atoms with E-state index in [-0.39, 0.29) is 17.8 Å². The molecule has 2 aromatic rings. The van der Waals surface area contributed by atoms with Crippen LogP contribution in [0.25, 0.3) is 0 Å². The lowest BCUT2D eigenvalue weighted by molar-refractivity contribution is -0.148. The molecule has 2 aliphatic rings. The summed E-state index contributed by atoms with van der Waals surface area (Å²) in [5.74, 6) is -0.295. The summed E-state index contributed by atoms with van der Waals surface area (Å²) in [7, 11) is 0. The summed E-state index contributed by atoms with van der Waals surface area (Å²) in [6.45, 7) is 5.23. The fourth-order valence-corrected chi connectivity index (χ4v) is 4.50. The van der Waals surface area contributed by atoms with Crippen LogP contribution >= 0.6 is 0 Å². The Morgan fingerprint density at radius 3 is 2.28 bits per heavy atom. The fourth-order valence-electron chi connectivity index (χ4n) is 4.50. The molecule has 32 heavy (non-hydrogen) atoms. The van der Waals surface area contributed by atoms with Gasteiger partial charge in [0.05, 0.1) is 12.5 Å². The molecule has 8 nitrogen and oxygen atoms in total. The van der Waals surface area contributed by atoms with Gasteiger partial charge in [0.25, 0.3) is 16.8 Å². The summed E-state index contributed by atoms with van der Waals surface area (Å²) in [6.07, 6.45) is 3.31. The average Bonchev–Trinajstić information content (AvgIpc) is 3.36. The van der Waals surface area contributed by atoms with Gasteiger partial charge in [-0.15, -0.1) is 0 Å². The number of esters is 1. The predicted molar refractivity (Wildman–Crippen MR) is 122 cm³/mol. The van der Waals surface area contributed by atoms with E-state index in [4.69, 9.17) is 4.74 Å². The number of nitrogens with zero attached hydrogens (tertiary/aromatic N) is 2. The number of carbonyl (C=O) groups excluding carboxylic acids is 2. The standard InChI is InChI=1S/C24H29N3O5/c1-2-32-24(31)18-9-13-26(14-10-18)20-19(21(28)22(20)29)25-15-16-5-7-17(8-6-16)23(30)27-11-3-4-12-27/h5-8,18,25H,2-4,9-15H2,1H3. The van der Waals surface area contributed by atoms with Gasteiger partial charge in [-0.3, -0.25) is 19.2 Å². The summed E-state index contributed by atoms with van der Waals surface area (Å²) >= 11 is 0. The van der Waals surface area contributed by atoms with E-state index in [1.165, 1.54) is 0 Å². The highest BCUT2D eigenvalue weighted by Crippen LogP contribution is 2.27. The normalized spacial score (nSPS) is 17.0. The van der Waals surface area contributed by atoms with E-state index in [2.05, 4.69) is 5.32 Å². The summed E-state index contributed by atoms with van der Waals surface area (Å²) in [4.78, 5) is 52.5. The van der Waals surface area contributed by atoms with Crippen LogP contribution in [0.5, 0.6) is 0 Å². The molecule has 0 aliphatic carbocycles.